The van der Waals surface area contributed by atoms with Crippen LogP contribution in [-0.2, 0) is 22.7 Å². The molecule has 0 atom stereocenters. The molecule has 0 saturated heterocycles. The van der Waals surface area contributed by atoms with E-state index < -0.39 is 0 Å². The predicted octanol–water partition coefficient (Wildman–Crippen LogP) is 4.81. The van der Waals surface area contributed by atoms with Gasteiger partial charge in [0.15, 0.2) is 27.6 Å². The number of benzene rings is 2. The third kappa shape index (κ3) is 7.48. The van der Waals surface area contributed by atoms with Gasteiger partial charge in [0.05, 0.1) is 32.2 Å². The molecule has 208 valence electrons. The maximum Gasteiger partial charge on any atom is 0.244 e. The average molecular weight is 579 g/mol. The van der Waals surface area contributed by atoms with Crippen LogP contribution < -0.4 is 20.1 Å². The first kappa shape index (κ1) is 28.8. The largest absolute Gasteiger partial charge is 0.493 e. The molecule has 2 aromatic heterocycles. The van der Waals surface area contributed by atoms with Crippen molar-refractivity contribution in [2.24, 2.45) is 0 Å². The Hall–Kier alpha value is -4.16. The summed E-state index contributed by atoms with van der Waals surface area (Å²) in [6.07, 6.45) is 3.13. The molecule has 4 rings (SSSR count). The number of amides is 2. The van der Waals surface area contributed by atoms with Gasteiger partial charge >= 0.3 is 0 Å². The highest BCUT2D eigenvalue weighted by Crippen LogP contribution is 2.28. The second kappa shape index (κ2) is 13.8. The van der Waals surface area contributed by atoms with E-state index in [-0.39, 0.29) is 24.1 Å². The van der Waals surface area contributed by atoms with Crippen molar-refractivity contribution < 1.29 is 19.1 Å². The summed E-state index contributed by atoms with van der Waals surface area (Å²) in [6, 6.07) is 13.5. The van der Waals surface area contributed by atoms with Crippen molar-refractivity contribution >= 4 is 46.1 Å². The fraction of sp³-hybridized carbons (Fsp3) is 0.250. The van der Waals surface area contributed by atoms with E-state index in [2.05, 4.69) is 25.8 Å². The molecule has 40 heavy (non-hydrogen) atoms. The topological polar surface area (TPSA) is 120 Å². The van der Waals surface area contributed by atoms with Gasteiger partial charge in [-0.1, -0.05) is 47.7 Å². The summed E-state index contributed by atoms with van der Waals surface area (Å²) < 4.78 is 12.4. The SMILES string of the molecule is CCn1c(CNC(=O)C=Cc2ccc(OC)c(OC)c2)nnc1SCC(=O)Nc1nc(-c2ccc(C)cc2)cs1. The van der Waals surface area contributed by atoms with E-state index in [4.69, 9.17) is 9.47 Å². The molecule has 2 amide bonds. The predicted molar refractivity (Wildman–Crippen MR) is 158 cm³/mol. The van der Waals surface area contributed by atoms with Gasteiger partial charge in [-0.05, 0) is 37.6 Å². The summed E-state index contributed by atoms with van der Waals surface area (Å²) >= 11 is 2.66. The fourth-order valence-corrected chi connectivity index (χ4v) is 5.26. The first-order valence-corrected chi connectivity index (χ1v) is 14.3. The molecule has 10 nitrogen and oxygen atoms in total. The summed E-state index contributed by atoms with van der Waals surface area (Å²) in [6.45, 7) is 4.78. The number of aromatic nitrogens is 4. The van der Waals surface area contributed by atoms with Crippen LogP contribution in [0.4, 0.5) is 5.13 Å². The van der Waals surface area contributed by atoms with Gasteiger partial charge in [-0.2, -0.15) is 0 Å². The number of methoxy groups -OCH3 is 2. The molecule has 2 heterocycles. The van der Waals surface area contributed by atoms with Crippen molar-refractivity contribution in [2.45, 2.75) is 32.1 Å². The van der Waals surface area contributed by atoms with Crippen molar-refractivity contribution in [1.29, 1.82) is 0 Å². The molecule has 0 fully saturated rings. The summed E-state index contributed by atoms with van der Waals surface area (Å²) in [7, 11) is 3.13. The molecule has 0 aliphatic rings. The van der Waals surface area contributed by atoms with E-state index in [1.165, 1.54) is 34.7 Å². The van der Waals surface area contributed by atoms with E-state index in [0.29, 0.717) is 34.2 Å². The third-order valence-electron chi connectivity index (χ3n) is 5.80. The Kier molecular flexibility index (Phi) is 9.92. The number of nitrogens with zero attached hydrogens (tertiary/aromatic N) is 4. The van der Waals surface area contributed by atoms with Gasteiger partial charge in [-0.3, -0.25) is 9.59 Å². The highest BCUT2D eigenvalue weighted by molar-refractivity contribution is 7.99. The van der Waals surface area contributed by atoms with Gasteiger partial charge in [-0.25, -0.2) is 4.98 Å². The Bertz CT molecular complexity index is 1500. The molecule has 0 spiro atoms. The lowest BCUT2D eigenvalue weighted by molar-refractivity contribution is -0.116. The van der Waals surface area contributed by atoms with Gasteiger partial charge in [0.25, 0.3) is 0 Å². The number of thioether (sulfide) groups is 1. The number of carbonyl (C=O) groups excluding carboxylic acids is 2. The van der Waals surface area contributed by atoms with Crippen molar-refractivity contribution in [2.75, 3.05) is 25.3 Å². The third-order valence-corrected chi connectivity index (χ3v) is 7.52. The second-order valence-corrected chi connectivity index (χ2v) is 10.3. The van der Waals surface area contributed by atoms with Gasteiger partial charge in [-0.15, -0.1) is 21.5 Å². The Morgan fingerprint density at radius 1 is 1.07 bits per heavy atom. The van der Waals surface area contributed by atoms with Crippen molar-refractivity contribution in [3.05, 3.63) is 70.9 Å². The second-order valence-electron chi connectivity index (χ2n) is 8.55. The maximum absolute atomic E-state index is 12.6. The van der Waals surface area contributed by atoms with E-state index in [1.807, 2.05) is 54.1 Å². The number of hydrogen-bond acceptors (Lipinski definition) is 9. The van der Waals surface area contributed by atoms with Gasteiger partial charge in [0.2, 0.25) is 11.8 Å². The normalized spacial score (nSPS) is 11.0. The zero-order valence-electron chi connectivity index (χ0n) is 22.6. The molecule has 0 aliphatic heterocycles. The van der Waals surface area contributed by atoms with Crippen LogP contribution in [0.15, 0.2) is 59.1 Å². The lowest BCUT2D eigenvalue weighted by atomic mass is 10.1. The summed E-state index contributed by atoms with van der Waals surface area (Å²) in [5, 5.41) is 17.2. The smallest absolute Gasteiger partial charge is 0.244 e. The molecular formula is C28H30N6O4S2. The number of rotatable bonds is 12. The number of nitrogens with one attached hydrogen (secondary N) is 2. The Balaban J connectivity index is 1.28. The zero-order chi connectivity index (χ0) is 28.5. The fourth-order valence-electron chi connectivity index (χ4n) is 3.70. The van der Waals surface area contributed by atoms with E-state index in [9.17, 15) is 9.59 Å². The number of aryl methyl sites for hydroxylation is 1. The number of thiazole rings is 1. The van der Waals surface area contributed by atoms with Crippen molar-refractivity contribution in [3.63, 3.8) is 0 Å². The standard InChI is InChI=1S/C28H30N6O4S2/c1-5-34-24(15-29-25(35)13-9-19-8-12-22(37-3)23(14-19)38-4)32-33-28(34)40-17-26(36)31-27-30-21(16-39-27)20-10-6-18(2)7-11-20/h6-14,16H,5,15,17H2,1-4H3,(H,29,35)(H,30,31,36). The molecule has 0 saturated carbocycles. The summed E-state index contributed by atoms with van der Waals surface area (Å²) in [5.74, 6) is 1.49. The number of anilines is 1. The van der Waals surface area contributed by atoms with Gasteiger partial charge < -0.3 is 24.7 Å². The number of ether oxygens (including phenoxy) is 2. The molecule has 0 aliphatic carbocycles. The molecule has 2 aromatic carbocycles. The van der Waals surface area contributed by atoms with E-state index in [1.54, 1.807) is 32.4 Å². The quantitative estimate of drug-likeness (QED) is 0.182. The average Bonchev–Trinajstić information content (AvgIpc) is 3.60. The minimum Gasteiger partial charge on any atom is -0.493 e. The Morgan fingerprint density at radius 3 is 2.58 bits per heavy atom. The molecule has 0 radical (unpaired) electrons. The minimum atomic E-state index is -0.275. The van der Waals surface area contributed by atoms with Crippen LogP contribution in [-0.4, -0.2) is 51.5 Å². The van der Waals surface area contributed by atoms with Crippen LogP contribution in [0.25, 0.3) is 17.3 Å². The highest BCUT2D eigenvalue weighted by Gasteiger charge is 2.15. The van der Waals surface area contributed by atoms with E-state index in [0.717, 1.165) is 16.8 Å². The number of carbonyl (C=O) groups is 2. The molecule has 4 aromatic rings. The lowest BCUT2D eigenvalue weighted by Gasteiger charge is -2.08. The Morgan fingerprint density at radius 2 is 1.85 bits per heavy atom. The van der Waals surface area contributed by atoms with Crippen molar-refractivity contribution in [1.82, 2.24) is 25.1 Å². The lowest BCUT2D eigenvalue weighted by Crippen LogP contribution is -2.22. The van der Waals surface area contributed by atoms with Crippen LogP contribution in [0.1, 0.15) is 23.9 Å². The molecule has 2 N–H and O–H groups in total. The molecule has 0 bridgehead atoms. The molecular weight excluding hydrogens is 548 g/mol. The van der Waals surface area contributed by atoms with Crippen LogP contribution in [0.5, 0.6) is 11.5 Å². The van der Waals surface area contributed by atoms with E-state index >= 15 is 0 Å². The first-order valence-electron chi connectivity index (χ1n) is 12.5. The van der Waals surface area contributed by atoms with Crippen LogP contribution in [0.2, 0.25) is 0 Å². The van der Waals surface area contributed by atoms with Crippen LogP contribution in [0, 0.1) is 6.92 Å². The zero-order valence-corrected chi connectivity index (χ0v) is 24.3. The highest BCUT2D eigenvalue weighted by atomic mass is 32.2. The summed E-state index contributed by atoms with van der Waals surface area (Å²) in [4.78, 5) is 29.5. The monoisotopic (exact) mass is 578 g/mol. The first-order chi connectivity index (χ1) is 19.4. The van der Waals surface area contributed by atoms with Crippen molar-refractivity contribution in [3.8, 4) is 22.8 Å². The minimum absolute atomic E-state index is 0.151. The Labute approximate surface area is 240 Å². The summed E-state index contributed by atoms with van der Waals surface area (Å²) in [5.41, 5.74) is 3.80. The number of hydrogen-bond donors (Lipinski definition) is 2. The molecule has 12 heteroatoms. The van der Waals surface area contributed by atoms with Crippen LogP contribution in [0.3, 0.4) is 0 Å². The van der Waals surface area contributed by atoms with Crippen LogP contribution >= 0.6 is 23.1 Å². The molecule has 0 unspecified atom stereocenters. The maximum atomic E-state index is 12.6. The van der Waals surface area contributed by atoms with Gasteiger partial charge in [0.1, 0.15) is 0 Å². The van der Waals surface area contributed by atoms with Gasteiger partial charge in [0, 0.05) is 23.6 Å².